The fourth-order valence-corrected chi connectivity index (χ4v) is 7.37. The summed E-state index contributed by atoms with van der Waals surface area (Å²) in [6.45, 7) is 6.55. The third kappa shape index (κ3) is 50.0. The first kappa shape index (κ1) is 60.1. The maximum absolute atomic E-state index is 12.8. The lowest BCUT2D eigenvalue weighted by molar-refractivity contribution is -0.167. The van der Waals surface area contributed by atoms with Crippen LogP contribution >= 0.6 is 0 Å². The average molecular weight is 881 g/mol. The number of rotatable bonds is 48. The van der Waals surface area contributed by atoms with Crippen LogP contribution in [0.5, 0.6) is 0 Å². The van der Waals surface area contributed by atoms with Crippen LogP contribution in [0, 0.1) is 0 Å². The second-order valence-electron chi connectivity index (χ2n) is 17.8. The summed E-state index contributed by atoms with van der Waals surface area (Å²) in [7, 11) is 0. The van der Waals surface area contributed by atoms with Gasteiger partial charge in [0.15, 0.2) is 6.10 Å². The molecule has 0 aromatic heterocycles. The molecule has 0 bridgehead atoms. The van der Waals surface area contributed by atoms with E-state index in [9.17, 15) is 14.4 Å². The summed E-state index contributed by atoms with van der Waals surface area (Å²) in [5, 5.41) is 0. The molecule has 0 N–H and O–H groups in total. The van der Waals surface area contributed by atoms with Gasteiger partial charge in [0.25, 0.3) is 0 Å². The highest BCUT2D eigenvalue weighted by Gasteiger charge is 2.19. The van der Waals surface area contributed by atoms with Crippen LogP contribution in [0.15, 0.2) is 60.8 Å². The van der Waals surface area contributed by atoms with Gasteiger partial charge in [0.2, 0.25) is 0 Å². The van der Waals surface area contributed by atoms with E-state index >= 15 is 0 Å². The fourth-order valence-electron chi connectivity index (χ4n) is 7.37. The lowest BCUT2D eigenvalue weighted by Crippen LogP contribution is -2.30. The molecule has 0 radical (unpaired) electrons. The van der Waals surface area contributed by atoms with E-state index in [1.807, 2.05) is 0 Å². The summed E-state index contributed by atoms with van der Waals surface area (Å²) in [6, 6.07) is 0. The van der Waals surface area contributed by atoms with Crippen LogP contribution in [-0.2, 0) is 28.6 Å². The molecule has 0 aliphatic rings. The van der Waals surface area contributed by atoms with Gasteiger partial charge in [-0.05, 0) is 103 Å². The van der Waals surface area contributed by atoms with Crippen LogP contribution < -0.4 is 0 Å². The molecular formula is C57H100O6. The molecule has 6 nitrogen and oxygen atoms in total. The van der Waals surface area contributed by atoms with E-state index in [0.29, 0.717) is 19.3 Å². The molecule has 0 aliphatic heterocycles. The number of hydrogen-bond donors (Lipinski definition) is 0. The van der Waals surface area contributed by atoms with Crippen LogP contribution in [0.4, 0.5) is 0 Å². The molecule has 0 unspecified atom stereocenters. The van der Waals surface area contributed by atoms with Gasteiger partial charge in [0, 0.05) is 19.3 Å². The first-order valence-corrected chi connectivity index (χ1v) is 26.8. The largest absolute Gasteiger partial charge is 0.462 e. The van der Waals surface area contributed by atoms with Gasteiger partial charge >= 0.3 is 17.9 Å². The maximum Gasteiger partial charge on any atom is 0.306 e. The molecule has 0 amide bonds. The van der Waals surface area contributed by atoms with Gasteiger partial charge in [-0.1, -0.05) is 204 Å². The molecule has 0 heterocycles. The van der Waals surface area contributed by atoms with E-state index in [-0.39, 0.29) is 31.1 Å². The highest BCUT2D eigenvalue weighted by molar-refractivity contribution is 5.71. The number of unbranched alkanes of at least 4 members (excludes halogenated alkanes) is 27. The monoisotopic (exact) mass is 881 g/mol. The van der Waals surface area contributed by atoms with Crippen molar-refractivity contribution in [3.63, 3.8) is 0 Å². The number of ether oxygens (including phenoxy) is 3. The Kier molecular flexibility index (Phi) is 49.4. The first-order valence-electron chi connectivity index (χ1n) is 26.8. The SMILES string of the molecule is CCCC/C=C\CCCCCCCC(=O)OC[C@@H](COC(=O)CCCCCC/C=C\C/C=C\C/C=C\CCCCC)OC(=O)CCCCCCCCC/C=C\CCCCCCCC. The fraction of sp³-hybridized carbons (Fsp3) is 0.772. The molecule has 1 atom stereocenters. The molecule has 0 saturated carbocycles. The second-order valence-corrected chi connectivity index (χ2v) is 17.8. The molecule has 0 rings (SSSR count). The Labute approximate surface area is 390 Å². The summed E-state index contributed by atoms with van der Waals surface area (Å²) in [5.74, 6) is -0.918. The topological polar surface area (TPSA) is 78.9 Å². The maximum atomic E-state index is 12.8. The Morgan fingerprint density at radius 1 is 0.317 bits per heavy atom. The van der Waals surface area contributed by atoms with E-state index < -0.39 is 6.10 Å². The lowest BCUT2D eigenvalue weighted by atomic mass is 10.1. The summed E-state index contributed by atoms with van der Waals surface area (Å²) in [6.07, 6.45) is 63.4. The van der Waals surface area contributed by atoms with Gasteiger partial charge in [-0.15, -0.1) is 0 Å². The Hall–Kier alpha value is -2.89. The number of allylic oxidation sites excluding steroid dienone is 10. The predicted molar refractivity (Wildman–Crippen MR) is 270 cm³/mol. The number of hydrogen-bond acceptors (Lipinski definition) is 6. The van der Waals surface area contributed by atoms with Crippen molar-refractivity contribution in [1.82, 2.24) is 0 Å². The first-order chi connectivity index (χ1) is 31.0. The van der Waals surface area contributed by atoms with Crippen LogP contribution in [0.2, 0.25) is 0 Å². The summed E-state index contributed by atoms with van der Waals surface area (Å²) in [4.78, 5) is 38.0. The Morgan fingerprint density at radius 2 is 0.587 bits per heavy atom. The predicted octanol–water partition coefficient (Wildman–Crippen LogP) is 17.6. The normalized spacial score (nSPS) is 12.5. The zero-order valence-electron chi connectivity index (χ0n) is 41.6. The number of carbonyl (C=O) groups excluding carboxylic acids is 3. The molecule has 0 saturated heterocycles. The van der Waals surface area contributed by atoms with E-state index in [0.717, 1.165) is 89.9 Å². The van der Waals surface area contributed by atoms with E-state index in [2.05, 4.69) is 81.5 Å². The minimum absolute atomic E-state index is 0.0874. The molecule has 0 aromatic rings. The number of carbonyl (C=O) groups is 3. The van der Waals surface area contributed by atoms with Crippen molar-refractivity contribution in [2.75, 3.05) is 13.2 Å². The van der Waals surface area contributed by atoms with Crippen molar-refractivity contribution in [2.45, 2.75) is 271 Å². The van der Waals surface area contributed by atoms with Crippen LogP contribution in [-0.4, -0.2) is 37.2 Å². The van der Waals surface area contributed by atoms with E-state index in [4.69, 9.17) is 14.2 Å². The van der Waals surface area contributed by atoms with Gasteiger partial charge in [-0.3, -0.25) is 14.4 Å². The molecule has 0 spiro atoms. The minimum atomic E-state index is -0.788. The molecule has 0 aromatic carbocycles. The Bertz CT molecular complexity index is 1150. The molecular weight excluding hydrogens is 781 g/mol. The standard InChI is InChI=1S/C57H100O6/c1-4-7-10-13-16-19-22-24-26-28-30-32-35-38-41-44-47-50-56(59)62-53-54(52-61-55(58)49-46-43-40-37-34-21-18-15-12-9-6-3)63-57(60)51-48-45-42-39-36-33-31-29-27-25-23-20-17-14-11-8-5-2/h15-16,18-19,24-27,30,32,54H,4-14,17,20-23,28-29,31,33-53H2,1-3H3/b18-15-,19-16-,26-24-,27-25-,32-30-/t54-/m0/s1. The van der Waals surface area contributed by atoms with Crippen molar-refractivity contribution in [3.8, 4) is 0 Å². The minimum Gasteiger partial charge on any atom is -0.462 e. The number of esters is 3. The van der Waals surface area contributed by atoms with Crippen molar-refractivity contribution < 1.29 is 28.6 Å². The quantitative estimate of drug-likeness (QED) is 0.0262. The van der Waals surface area contributed by atoms with Gasteiger partial charge in [0.1, 0.15) is 13.2 Å². The molecule has 364 valence electrons. The van der Waals surface area contributed by atoms with Crippen LogP contribution in [0.3, 0.4) is 0 Å². The average Bonchev–Trinajstić information content (AvgIpc) is 3.28. The molecule has 6 heteroatoms. The smallest absolute Gasteiger partial charge is 0.306 e. The van der Waals surface area contributed by atoms with Crippen molar-refractivity contribution >= 4 is 17.9 Å². The van der Waals surface area contributed by atoms with Gasteiger partial charge in [-0.2, -0.15) is 0 Å². The third-order valence-electron chi connectivity index (χ3n) is 11.5. The van der Waals surface area contributed by atoms with Crippen LogP contribution in [0.1, 0.15) is 265 Å². The van der Waals surface area contributed by atoms with E-state index in [1.54, 1.807) is 0 Å². The summed E-state index contributed by atoms with van der Waals surface area (Å²) >= 11 is 0. The zero-order chi connectivity index (χ0) is 45.8. The molecule has 0 fully saturated rings. The highest BCUT2D eigenvalue weighted by Crippen LogP contribution is 2.14. The van der Waals surface area contributed by atoms with Crippen molar-refractivity contribution in [1.29, 1.82) is 0 Å². The van der Waals surface area contributed by atoms with Gasteiger partial charge in [-0.25, -0.2) is 0 Å². The van der Waals surface area contributed by atoms with Gasteiger partial charge < -0.3 is 14.2 Å². The highest BCUT2D eigenvalue weighted by atomic mass is 16.6. The Balaban J connectivity index is 4.40. The van der Waals surface area contributed by atoms with Crippen LogP contribution in [0.25, 0.3) is 0 Å². The van der Waals surface area contributed by atoms with E-state index in [1.165, 1.54) is 135 Å². The summed E-state index contributed by atoms with van der Waals surface area (Å²) < 4.78 is 16.8. The molecule has 0 aliphatic carbocycles. The third-order valence-corrected chi connectivity index (χ3v) is 11.5. The summed E-state index contributed by atoms with van der Waals surface area (Å²) in [5.41, 5.74) is 0. The molecule has 63 heavy (non-hydrogen) atoms. The van der Waals surface area contributed by atoms with Gasteiger partial charge in [0.05, 0.1) is 0 Å². The second kappa shape index (κ2) is 51.7. The zero-order valence-corrected chi connectivity index (χ0v) is 41.6. The van der Waals surface area contributed by atoms with Crippen molar-refractivity contribution in [3.05, 3.63) is 60.8 Å². The lowest BCUT2D eigenvalue weighted by Gasteiger charge is -2.18. The van der Waals surface area contributed by atoms with Crippen molar-refractivity contribution in [2.24, 2.45) is 0 Å². The Morgan fingerprint density at radius 3 is 0.984 bits per heavy atom.